The third-order valence-electron chi connectivity index (χ3n) is 23.7. The van der Waals surface area contributed by atoms with Crippen LogP contribution in [0.1, 0.15) is 107 Å². The lowest BCUT2D eigenvalue weighted by molar-refractivity contribution is 0.181. The molecule has 0 saturated heterocycles. The fourth-order valence-corrected chi connectivity index (χ4v) is 17.3. The Hall–Kier alpha value is -15.2. The Morgan fingerprint density at radius 1 is 0.431 bits per heavy atom. The SMILES string of the molecule is CC1CCCC(NC(=O)N2CCc3[nH]nc(-c4ccccc4)c3C2)C1.CC1Cc2[nH]nc(-c3ccccc3)c2CN1C(=O)Nc1cccc(Cl)c1.Cn1ccc(-c2n[nH]c3c2CN(C(=O)Nc2cccc(Cl)c2)CC3)n1.N#Cc1cc(NC(=O)N2CCc3[nH]nc(-c4ccccc4)c3C2)ccc1F.N#Cc1cccc(NC(=O)N2CCc3[nH]nc(-c4ccccc4)c3C2)c1F. The van der Waals surface area contributed by atoms with E-state index in [2.05, 4.69) is 102 Å². The second-order valence-electron chi connectivity index (χ2n) is 32.6. The number of halogens is 4. The predicted octanol–water partition coefficient (Wildman–Crippen LogP) is 18.8. The number of carbonyl (C=O) groups excluding carboxylic acids is 5. The van der Waals surface area contributed by atoms with Gasteiger partial charge in [0.25, 0.3) is 0 Å². The standard InChI is InChI=1S/C20H19ClN4O.2C20H16FN5O.C20H26N4O.C17H17ClN6O/c1-13-10-18-17(19(24-23-18)14-6-3-2-4-7-14)12-25(13)20(26)22-16-9-5-8-15(21)11-16;21-18-14(11-22)7-4-8-17(18)23-20(27)26-10-9-16-15(12-26)19(25-24-16)13-5-2-1-3-6-13;21-17-7-6-15(10-14(17)11-22)23-20(27)26-9-8-18-16(12-26)19(25-24-18)13-4-2-1-3-5-13;1-14-6-5-9-16(12-14)21-20(25)24-11-10-18-17(13-24)19(23-22-18)15-7-3-2-4-8-15;1-23-7-5-15(22-23)16-13-10-24(8-6-14(13)20-21-16)17(25)19-12-4-2-3-11(18)9-12/h2-9,11,13H,10,12H2,1H3,(H,22,26)(H,23,24);1-8H,9-10,12H2,(H,23,27)(H,24,25);1-7,10H,8-9,12H2,(H,23,27)(H,24,25);2-4,7-8,14,16H,5-6,9-13H2,1H3,(H,21,25)(H,22,23);2-5,7,9H,6,8,10H2,1H3,(H,19,25)(H,20,21). The van der Waals surface area contributed by atoms with Crippen molar-refractivity contribution < 1.29 is 32.8 Å². The van der Waals surface area contributed by atoms with Gasteiger partial charge >= 0.3 is 30.2 Å². The molecule has 3 atom stereocenters. The summed E-state index contributed by atoms with van der Waals surface area (Å²) in [6.07, 6.45) is 10.2. The number of amides is 10. The number of anilines is 4. The van der Waals surface area contributed by atoms with E-state index >= 15 is 0 Å². The van der Waals surface area contributed by atoms with E-state index in [1.54, 1.807) is 55.8 Å². The Bertz CT molecular complexity index is 6470. The Balaban J connectivity index is 0.000000119. The molecule has 1 saturated carbocycles. The number of nitriles is 2. The van der Waals surface area contributed by atoms with Gasteiger partial charge in [0.2, 0.25) is 0 Å². The van der Waals surface area contributed by atoms with Crippen LogP contribution in [0.15, 0.2) is 219 Å². The zero-order chi connectivity index (χ0) is 90.3. The van der Waals surface area contributed by atoms with E-state index in [1.165, 1.54) is 49.2 Å². The van der Waals surface area contributed by atoms with Gasteiger partial charge in [0, 0.05) is 189 Å². The average molecular weight is 1780 g/mol. The van der Waals surface area contributed by atoms with E-state index < -0.39 is 17.7 Å². The second-order valence-corrected chi connectivity index (χ2v) is 33.5. The number of fused-ring (bicyclic) bond motifs is 5. The molecule has 6 aliphatic rings. The topological polar surface area (TPSA) is 370 Å². The molecular weight excluding hydrogens is 1690 g/mol. The fourth-order valence-electron chi connectivity index (χ4n) is 16.9. The minimum Gasteiger partial charge on any atom is -0.335 e. The van der Waals surface area contributed by atoms with Crippen molar-refractivity contribution in [1.29, 1.82) is 10.5 Å². The van der Waals surface area contributed by atoms with E-state index in [-0.39, 0.29) is 47.0 Å². The van der Waals surface area contributed by atoms with Gasteiger partial charge in [0.05, 0.1) is 72.3 Å². The molecule has 0 bridgehead atoms. The van der Waals surface area contributed by atoms with Crippen LogP contribution in [0.2, 0.25) is 10.0 Å². The normalized spacial score (nSPS) is 15.7. The Kier molecular flexibility index (Phi) is 27.6. The monoisotopic (exact) mass is 1780 g/mol. The highest BCUT2D eigenvalue weighted by molar-refractivity contribution is 6.31. The van der Waals surface area contributed by atoms with E-state index in [0.29, 0.717) is 104 Å². The van der Waals surface area contributed by atoms with Crippen molar-refractivity contribution in [3.8, 4) is 68.6 Å². The molecule has 29 nitrogen and oxygen atoms in total. The minimum absolute atomic E-state index is 0.000299. The first-order chi connectivity index (χ1) is 63.2. The van der Waals surface area contributed by atoms with Crippen molar-refractivity contribution in [2.24, 2.45) is 13.0 Å². The molecule has 6 aromatic heterocycles. The predicted molar refractivity (Wildman–Crippen MR) is 493 cm³/mol. The quantitative estimate of drug-likeness (QED) is 0.0609. The summed E-state index contributed by atoms with van der Waals surface area (Å²) >= 11 is 12.0. The van der Waals surface area contributed by atoms with Gasteiger partial charge in [-0.05, 0) is 98.5 Å². The number of hydrogen-bond acceptors (Lipinski definition) is 13. The van der Waals surface area contributed by atoms with Crippen LogP contribution in [0, 0.1) is 40.2 Å². The van der Waals surface area contributed by atoms with Crippen LogP contribution in [0.25, 0.3) is 56.4 Å². The number of rotatable bonds is 10. The highest BCUT2D eigenvalue weighted by atomic mass is 35.5. The number of aromatic amines is 5. The summed E-state index contributed by atoms with van der Waals surface area (Å²) in [5, 5.41) is 75.6. The van der Waals surface area contributed by atoms with Gasteiger partial charge in [0.15, 0.2) is 5.82 Å². The number of aromatic nitrogens is 12. The highest BCUT2D eigenvalue weighted by Gasteiger charge is 2.35. The summed E-state index contributed by atoms with van der Waals surface area (Å²) in [6.45, 7) is 9.18. The molecule has 0 spiro atoms. The first-order valence-corrected chi connectivity index (χ1v) is 43.7. The maximum absolute atomic E-state index is 14.2. The van der Waals surface area contributed by atoms with Crippen molar-refractivity contribution in [2.45, 2.75) is 116 Å². The molecule has 14 aromatic rings. The molecule has 8 aromatic carbocycles. The summed E-state index contributed by atoms with van der Waals surface area (Å²) in [5.41, 5.74) is 21.4. The van der Waals surface area contributed by atoms with Gasteiger partial charge in [-0.2, -0.15) is 41.1 Å². The van der Waals surface area contributed by atoms with Crippen molar-refractivity contribution in [1.82, 2.24) is 90.6 Å². The Morgan fingerprint density at radius 2 is 0.838 bits per heavy atom. The van der Waals surface area contributed by atoms with E-state index in [4.69, 9.17) is 33.7 Å². The van der Waals surface area contributed by atoms with Crippen LogP contribution in [0.4, 0.5) is 55.5 Å². The number of benzene rings is 8. The van der Waals surface area contributed by atoms with Gasteiger partial charge in [-0.25, -0.2) is 32.8 Å². The molecule has 130 heavy (non-hydrogen) atoms. The third kappa shape index (κ3) is 20.9. The highest BCUT2D eigenvalue weighted by Crippen LogP contribution is 2.37. The third-order valence-corrected chi connectivity index (χ3v) is 24.2. The van der Waals surface area contributed by atoms with Crippen LogP contribution < -0.4 is 26.6 Å². The van der Waals surface area contributed by atoms with Gasteiger partial charge in [-0.1, -0.05) is 182 Å². The summed E-state index contributed by atoms with van der Waals surface area (Å²) in [4.78, 5) is 72.2. The van der Waals surface area contributed by atoms with Gasteiger partial charge in [0.1, 0.15) is 29.3 Å². The maximum atomic E-state index is 14.2. The van der Waals surface area contributed by atoms with Crippen molar-refractivity contribution >= 4 is 76.1 Å². The first kappa shape index (κ1) is 88.2. The summed E-state index contributed by atoms with van der Waals surface area (Å²) in [5.74, 6) is -0.617. The molecule has 20 rings (SSSR count). The zero-order valence-corrected chi connectivity index (χ0v) is 73.1. The van der Waals surface area contributed by atoms with Crippen LogP contribution in [-0.4, -0.2) is 154 Å². The van der Waals surface area contributed by atoms with Crippen LogP contribution in [0.3, 0.4) is 0 Å². The summed E-state index contributed by atoms with van der Waals surface area (Å²) < 4.78 is 29.4. The molecule has 33 heteroatoms. The Labute approximate surface area is 758 Å². The number of urea groups is 5. The molecular formula is C97H94Cl2F2N24O5. The molecule has 10 amide bonds. The van der Waals surface area contributed by atoms with E-state index in [9.17, 15) is 32.8 Å². The van der Waals surface area contributed by atoms with Crippen molar-refractivity contribution in [3.05, 3.63) is 308 Å². The molecule has 5 aliphatic heterocycles. The maximum Gasteiger partial charge on any atom is 0.322 e. The van der Waals surface area contributed by atoms with Gasteiger partial charge in [-0.15, -0.1) is 0 Å². The van der Waals surface area contributed by atoms with Crippen LogP contribution in [0.5, 0.6) is 0 Å². The largest absolute Gasteiger partial charge is 0.335 e. The lowest BCUT2D eigenvalue weighted by Crippen LogP contribution is -2.47. The smallest absolute Gasteiger partial charge is 0.322 e. The lowest BCUT2D eigenvalue weighted by atomic mass is 9.87. The number of hydrogen-bond donors (Lipinski definition) is 10. The van der Waals surface area contributed by atoms with Crippen LogP contribution in [-0.2, 0) is 71.9 Å². The number of nitrogens with zero attached hydrogens (tertiary/aromatic N) is 14. The number of H-pyrrole nitrogens is 5. The van der Waals surface area contributed by atoms with Gasteiger partial charge < -0.3 is 51.1 Å². The first-order valence-electron chi connectivity index (χ1n) is 43.0. The molecule has 3 unspecified atom stereocenters. The van der Waals surface area contributed by atoms with Crippen molar-refractivity contribution in [2.75, 3.05) is 47.4 Å². The Morgan fingerprint density at radius 3 is 1.28 bits per heavy atom. The van der Waals surface area contributed by atoms with E-state index in [0.717, 1.165) is 151 Å². The number of carbonyl (C=O) groups is 5. The summed E-state index contributed by atoms with van der Waals surface area (Å²) in [6, 6.07) is 67.3. The van der Waals surface area contributed by atoms with Gasteiger partial charge in [-0.3, -0.25) is 30.2 Å². The zero-order valence-electron chi connectivity index (χ0n) is 71.6. The second kappa shape index (κ2) is 40.6. The van der Waals surface area contributed by atoms with Crippen LogP contribution >= 0.6 is 23.2 Å². The molecule has 0 radical (unpaired) electrons. The van der Waals surface area contributed by atoms with Crippen molar-refractivity contribution in [3.63, 3.8) is 0 Å². The molecule has 660 valence electrons. The number of nitrogens with one attached hydrogen (secondary N) is 10. The fraction of sp³-hybridized carbons (Fsp3) is 0.247. The molecule has 11 heterocycles. The lowest BCUT2D eigenvalue weighted by Gasteiger charge is -2.33. The number of aryl methyl sites for hydroxylation is 1. The molecule has 1 aliphatic carbocycles. The average Bonchev–Trinajstić information content (AvgIpc) is 1.54. The molecule has 1 fully saturated rings. The summed E-state index contributed by atoms with van der Waals surface area (Å²) in [7, 11) is 1.87. The molecule has 10 N–H and O–H groups in total. The minimum atomic E-state index is -0.723. The van der Waals surface area contributed by atoms with E-state index in [1.807, 2.05) is 169 Å².